The third kappa shape index (κ3) is 1.39. The molecule has 0 radical (unpaired) electrons. The summed E-state index contributed by atoms with van der Waals surface area (Å²) >= 11 is 0. The summed E-state index contributed by atoms with van der Waals surface area (Å²) in [6.45, 7) is 5.15. The van der Waals surface area contributed by atoms with E-state index in [9.17, 15) is 4.79 Å². The molecular weight excluding hydrogens is 228 g/mol. The van der Waals surface area contributed by atoms with Crippen molar-refractivity contribution < 1.29 is 14.3 Å². The predicted octanol–water partition coefficient (Wildman–Crippen LogP) is 2.54. The maximum absolute atomic E-state index is 12.0. The summed E-state index contributed by atoms with van der Waals surface area (Å²) in [5, 5.41) is 0. The molecule has 3 nitrogen and oxygen atoms in total. The van der Waals surface area contributed by atoms with Crippen LogP contribution >= 0.6 is 0 Å². The van der Waals surface area contributed by atoms with Gasteiger partial charge in [0.2, 0.25) is 0 Å². The Balaban J connectivity index is 1.96. The second-order valence-corrected chi connectivity index (χ2v) is 5.15. The van der Waals surface area contributed by atoms with Crippen molar-refractivity contribution in [3.05, 3.63) is 29.8 Å². The molecule has 96 valence electrons. The molecule has 1 aromatic carbocycles. The number of carbonyl (C=O) groups excluding carboxylic acids is 1. The molecule has 0 amide bonds. The lowest BCUT2D eigenvalue weighted by Gasteiger charge is -2.27. The van der Waals surface area contributed by atoms with Crippen LogP contribution in [0.15, 0.2) is 24.3 Å². The maximum atomic E-state index is 12.0. The second kappa shape index (κ2) is 4.01. The van der Waals surface area contributed by atoms with Crippen LogP contribution in [0.3, 0.4) is 0 Å². The van der Waals surface area contributed by atoms with Crippen LogP contribution in [0.5, 0.6) is 5.75 Å². The van der Waals surface area contributed by atoms with E-state index in [1.165, 1.54) is 5.56 Å². The zero-order valence-corrected chi connectivity index (χ0v) is 10.8. The van der Waals surface area contributed by atoms with Crippen LogP contribution in [0.2, 0.25) is 0 Å². The number of benzene rings is 1. The van der Waals surface area contributed by atoms with Crippen molar-refractivity contribution in [2.24, 2.45) is 11.8 Å². The van der Waals surface area contributed by atoms with Crippen molar-refractivity contribution in [2.45, 2.75) is 25.7 Å². The number of hydrogen-bond donors (Lipinski definition) is 0. The molecule has 1 aliphatic carbocycles. The number of fused-ring (bicyclic) bond motifs is 2. The van der Waals surface area contributed by atoms with E-state index in [-0.39, 0.29) is 17.3 Å². The van der Waals surface area contributed by atoms with E-state index in [1.807, 2.05) is 25.1 Å². The number of carbonyl (C=O) groups is 1. The molecule has 3 atom stereocenters. The average Bonchev–Trinajstić information content (AvgIpc) is 2.96. The molecule has 1 spiro atoms. The van der Waals surface area contributed by atoms with Crippen molar-refractivity contribution in [3.63, 3.8) is 0 Å². The minimum absolute atomic E-state index is 0.00231. The van der Waals surface area contributed by atoms with Crippen molar-refractivity contribution in [1.29, 1.82) is 0 Å². The van der Waals surface area contributed by atoms with Crippen LogP contribution in [0.4, 0.5) is 0 Å². The van der Waals surface area contributed by atoms with Crippen LogP contribution in [0, 0.1) is 11.8 Å². The fourth-order valence-electron chi connectivity index (χ4n) is 3.51. The van der Waals surface area contributed by atoms with Crippen molar-refractivity contribution in [1.82, 2.24) is 0 Å². The smallest absolute Gasteiger partial charge is 0.310 e. The van der Waals surface area contributed by atoms with E-state index in [0.717, 1.165) is 12.2 Å². The fraction of sp³-hybridized carbons (Fsp3) is 0.533. The number of esters is 1. The Kier molecular flexibility index (Phi) is 2.58. The number of ether oxygens (including phenoxy) is 2. The van der Waals surface area contributed by atoms with Crippen LogP contribution < -0.4 is 4.74 Å². The first-order valence-corrected chi connectivity index (χ1v) is 6.60. The fourth-order valence-corrected chi connectivity index (χ4v) is 3.51. The lowest BCUT2D eigenvalue weighted by atomic mass is 9.86. The largest absolute Gasteiger partial charge is 0.493 e. The van der Waals surface area contributed by atoms with Gasteiger partial charge in [-0.25, -0.2) is 0 Å². The normalized spacial score (nSPS) is 32.6. The maximum Gasteiger partial charge on any atom is 0.310 e. The van der Waals surface area contributed by atoms with Crippen LogP contribution in [-0.2, 0) is 14.9 Å². The zero-order chi connectivity index (χ0) is 12.8. The van der Waals surface area contributed by atoms with Gasteiger partial charge in [-0.1, -0.05) is 25.1 Å². The molecule has 1 aromatic rings. The summed E-state index contributed by atoms with van der Waals surface area (Å²) in [6, 6.07) is 8.07. The van der Waals surface area contributed by atoms with Gasteiger partial charge in [-0.15, -0.1) is 0 Å². The first kappa shape index (κ1) is 11.6. The molecule has 2 unspecified atom stereocenters. The Morgan fingerprint density at radius 3 is 3.06 bits per heavy atom. The van der Waals surface area contributed by atoms with Crippen molar-refractivity contribution in [3.8, 4) is 5.75 Å². The molecule has 1 aliphatic heterocycles. The van der Waals surface area contributed by atoms with Gasteiger partial charge in [-0.3, -0.25) is 4.79 Å². The summed E-state index contributed by atoms with van der Waals surface area (Å²) in [5.74, 6) is 1.23. The average molecular weight is 246 g/mol. The Morgan fingerprint density at radius 2 is 2.28 bits per heavy atom. The minimum atomic E-state index is -0.0540. The van der Waals surface area contributed by atoms with Gasteiger partial charge < -0.3 is 9.47 Å². The lowest BCUT2D eigenvalue weighted by Crippen LogP contribution is -2.25. The molecule has 0 aromatic heterocycles. The Bertz CT molecular complexity index is 482. The van der Waals surface area contributed by atoms with Gasteiger partial charge in [0.15, 0.2) is 0 Å². The summed E-state index contributed by atoms with van der Waals surface area (Å²) < 4.78 is 10.9. The second-order valence-electron chi connectivity index (χ2n) is 5.15. The van der Waals surface area contributed by atoms with Crippen molar-refractivity contribution in [2.75, 3.05) is 13.2 Å². The monoisotopic (exact) mass is 246 g/mol. The van der Waals surface area contributed by atoms with Crippen LogP contribution in [-0.4, -0.2) is 19.2 Å². The molecule has 0 N–H and O–H groups in total. The van der Waals surface area contributed by atoms with E-state index in [0.29, 0.717) is 19.1 Å². The van der Waals surface area contributed by atoms with E-state index in [1.54, 1.807) is 0 Å². The molecular formula is C15H18O3. The SMILES string of the molecule is CCOC(=O)C1C(C)[C@]12CCOc1ccccc12. The molecule has 2 aliphatic rings. The zero-order valence-electron chi connectivity index (χ0n) is 10.8. The molecule has 1 saturated carbocycles. The van der Waals surface area contributed by atoms with Gasteiger partial charge in [-0.2, -0.15) is 0 Å². The molecule has 1 heterocycles. The number of hydrogen-bond acceptors (Lipinski definition) is 3. The molecule has 18 heavy (non-hydrogen) atoms. The molecule has 0 bridgehead atoms. The third-order valence-electron chi connectivity index (χ3n) is 4.46. The standard InChI is InChI=1S/C15H18O3/c1-3-17-14(16)13-10(2)15(13)8-9-18-12-7-5-4-6-11(12)15/h4-7,10,13H,3,8-9H2,1-2H3/t10?,13?,15-/m0/s1. The summed E-state index contributed by atoms with van der Waals surface area (Å²) in [4.78, 5) is 12.0. The first-order chi connectivity index (χ1) is 8.71. The van der Waals surface area contributed by atoms with Gasteiger partial charge in [0.05, 0.1) is 19.1 Å². The minimum Gasteiger partial charge on any atom is -0.493 e. The molecule has 3 heteroatoms. The van der Waals surface area contributed by atoms with Gasteiger partial charge in [0.1, 0.15) is 5.75 Å². The highest BCUT2D eigenvalue weighted by Gasteiger charge is 2.68. The van der Waals surface area contributed by atoms with Crippen molar-refractivity contribution >= 4 is 5.97 Å². The Labute approximate surface area is 107 Å². The van der Waals surface area contributed by atoms with Gasteiger partial charge in [-0.05, 0) is 25.3 Å². The number of para-hydroxylation sites is 1. The van der Waals surface area contributed by atoms with Gasteiger partial charge in [0, 0.05) is 11.0 Å². The van der Waals surface area contributed by atoms with E-state index in [4.69, 9.17) is 9.47 Å². The van der Waals surface area contributed by atoms with Crippen LogP contribution in [0.25, 0.3) is 0 Å². The topological polar surface area (TPSA) is 35.5 Å². The highest BCUT2D eigenvalue weighted by Crippen LogP contribution is 2.65. The highest BCUT2D eigenvalue weighted by atomic mass is 16.5. The summed E-state index contributed by atoms with van der Waals surface area (Å²) in [5.41, 5.74) is 1.14. The highest BCUT2D eigenvalue weighted by molar-refractivity contribution is 5.80. The molecule has 0 saturated heterocycles. The molecule has 1 fully saturated rings. The van der Waals surface area contributed by atoms with E-state index in [2.05, 4.69) is 13.0 Å². The lowest BCUT2D eigenvalue weighted by molar-refractivity contribution is -0.145. The summed E-state index contributed by atoms with van der Waals surface area (Å²) in [7, 11) is 0. The Hall–Kier alpha value is -1.51. The number of rotatable bonds is 2. The summed E-state index contributed by atoms with van der Waals surface area (Å²) in [6.07, 6.45) is 0.911. The molecule has 3 rings (SSSR count). The van der Waals surface area contributed by atoms with E-state index < -0.39 is 0 Å². The van der Waals surface area contributed by atoms with Crippen LogP contribution in [0.1, 0.15) is 25.8 Å². The third-order valence-corrected chi connectivity index (χ3v) is 4.46. The van der Waals surface area contributed by atoms with E-state index >= 15 is 0 Å². The first-order valence-electron chi connectivity index (χ1n) is 6.60. The van der Waals surface area contributed by atoms with Gasteiger partial charge >= 0.3 is 5.97 Å². The van der Waals surface area contributed by atoms with Gasteiger partial charge in [0.25, 0.3) is 0 Å². The quantitative estimate of drug-likeness (QED) is 0.752. The Morgan fingerprint density at radius 1 is 1.50 bits per heavy atom. The predicted molar refractivity (Wildman–Crippen MR) is 67.5 cm³/mol.